The predicted octanol–water partition coefficient (Wildman–Crippen LogP) is 5.09. The number of benzene rings is 3. The van der Waals surface area contributed by atoms with E-state index in [1.165, 1.54) is 41.3 Å². The van der Waals surface area contributed by atoms with E-state index in [0.29, 0.717) is 35.6 Å². The van der Waals surface area contributed by atoms with Crippen LogP contribution in [0, 0.1) is 28.9 Å². The van der Waals surface area contributed by atoms with Crippen LogP contribution in [0.5, 0.6) is 17.2 Å². The summed E-state index contributed by atoms with van der Waals surface area (Å²) in [7, 11) is 3.71. The number of primary amides is 1. The molecule has 1 saturated carbocycles. The van der Waals surface area contributed by atoms with Crippen LogP contribution in [-0.4, -0.2) is 83.3 Å². The molecule has 52 heavy (non-hydrogen) atoms. The Hall–Kier alpha value is -5.84. The van der Waals surface area contributed by atoms with Gasteiger partial charge in [0.2, 0.25) is 11.8 Å². The third-order valence-corrected chi connectivity index (χ3v) is 9.50. The number of ether oxygens (including phenoxy) is 2. The zero-order valence-electron chi connectivity index (χ0n) is 28.8. The third kappa shape index (κ3) is 7.03. The van der Waals surface area contributed by atoms with Crippen LogP contribution in [0.3, 0.4) is 0 Å². The number of carbonyl (C=O) groups is 2. The molecule has 2 aromatic heterocycles. The summed E-state index contributed by atoms with van der Waals surface area (Å²) in [6, 6.07) is 18.4. The fraction of sp³-hybridized carbons (Fsp3) is 0.282. The molecule has 1 aliphatic carbocycles. The van der Waals surface area contributed by atoms with Crippen LogP contribution in [0.15, 0.2) is 79.0 Å². The van der Waals surface area contributed by atoms with Crippen molar-refractivity contribution in [2.24, 2.45) is 11.1 Å². The second kappa shape index (κ2) is 14.4. The molecular formula is C39H37F2N7O4. The van der Waals surface area contributed by atoms with E-state index < -0.39 is 28.9 Å². The van der Waals surface area contributed by atoms with Gasteiger partial charge >= 0.3 is 0 Å². The largest absolute Gasteiger partial charge is 0.497 e. The molecule has 2 fully saturated rings. The second-order valence-corrected chi connectivity index (χ2v) is 13.0. The van der Waals surface area contributed by atoms with Gasteiger partial charge in [-0.2, -0.15) is 5.10 Å². The topological polar surface area (TPSA) is 119 Å². The van der Waals surface area contributed by atoms with Gasteiger partial charge in [0.25, 0.3) is 0 Å². The number of rotatable bonds is 10. The number of hydrogen-bond acceptors (Lipinski definition) is 8. The molecular weight excluding hydrogens is 668 g/mol. The van der Waals surface area contributed by atoms with Crippen molar-refractivity contribution >= 4 is 34.2 Å². The number of anilines is 2. The summed E-state index contributed by atoms with van der Waals surface area (Å²) >= 11 is 0. The van der Waals surface area contributed by atoms with E-state index in [2.05, 4.69) is 33.7 Å². The van der Waals surface area contributed by atoms with E-state index in [-0.39, 0.29) is 30.0 Å². The first kappa shape index (κ1) is 34.6. The van der Waals surface area contributed by atoms with Gasteiger partial charge in [-0.15, -0.1) is 0 Å². The molecule has 0 unspecified atom stereocenters. The van der Waals surface area contributed by atoms with Crippen molar-refractivity contribution in [1.82, 2.24) is 24.6 Å². The van der Waals surface area contributed by atoms with Crippen LogP contribution >= 0.6 is 0 Å². The normalized spacial score (nSPS) is 15.5. The molecule has 2 N–H and O–H groups in total. The Morgan fingerprint density at radius 2 is 1.65 bits per heavy atom. The van der Waals surface area contributed by atoms with Crippen molar-refractivity contribution < 1.29 is 27.8 Å². The number of pyridine rings is 1. The van der Waals surface area contributed by atoms with E-state index in [4.69, 9.17) is 20.3 Å². The van der Waals surface area contributed by atoms with Crippen molar-refractivity contribution in [3.8, 4) is 29.1 Å². The van der Waals surface area contributed by atoms with Gasteiger partial charge in [0.15, 0.2) is 17.2 Å². The quantitative estimate of drug-likeness (QED) is 0.158. The molecule has 0 spiro atoms. The SMILES string of the molecule is COc1ccc(Cn2nc(C#CCN3CCN(C)CC3)c3c(Oc4ccc(N(C(=O)C5(C(N)=O)CC5)c5ccc(F)cc5)cc4F)ccnc32)cc1. The fourth-order valence-corrected chi connectivity index (χ4v) is 6.21. The molecule has 2 amide bonds. The van der Waals surface area contributed by atoms with E-state index in [1.807, 2.05) is 24.3 Å². The van der Waals surface area contributed by atoms with Crippen molar-refractivity contribution in [3.05, 3.63) is 102 Å². The van der Waals surface area contributed by atoms with Gasteiger partial charge < -0.3 is 20.1 Å². The summed E-state index contributed by atoms with van der Waals surface area (Å²) in [5, 5.41) is 5.35. The van der Waals surface area contributed by atoms with E-state index in [9.17, 15) is 14.0 Å². The number of amides is 2. The summed E-state index contributed by atoms with van der Waals surface area (Å²) in [5.74, 6) is 4.71. The van der Waals surface area contributed by atoms with Crippen molar-refractivity contribution in [2.45, 2.75) is 19.4 Å². The predicted molar refractivity (Wildman–Crippen MR) is 191 cm³/mol. The number of nitrogens with two attached hydrogens (primary N) is 1. The molecule has 3 heterocycles. The average molecular weight is 706 g/mol. The first-order chi connectivity index (χ1) is 25.1. The number of hydrogen-bond donors (Lipinski definition) is 1. The van der Waals surface area contributed by atoms with Crippen LogP contribution in [0.25, 0.3) is 11.0 Å². The Labute approximate surface area is 299 Å². The number of halogens is 2. The highest BCUT2D eigenvalue weighted by Crippen LogP contribution is 2.49. The Kier molecular flexibility index (Phi) is 9.59. The zero-order valence-corrected chi connectivity index (χ0v) is 28.8. The first-order valence-electron chi connectivity index (χ1n) is 16.9. The third-order valence-electron chi connectivity index (χ3n) is 9.50. The highest BCUT2D eigenvalue weighted by atomic mass is 19.1. The smallest absolute Gasteiger partial charge is 0.247 e. The molecule has 1 saturated heterocycles. The van der Waals surface area contributed by atoms with Crippen molar-refractivity contribution in [1.29, 1.82) is 0 Å². The molecule has 13 heteroatoms. The lowest BCUT2D eigenvalue weighted by Gasteiger charge is -2.30. The summed E-state index contributed by atoms with van der Waals surface area (Å²) in [6.45, 7) is 4.71. The minimum absolute atomic E-state index is 0.122. The number of carbonyl (C=O) groups excluding carboxylic acids is 2. The monoisotopic (exact) mass is 705 g/mol. The van der Waals surface area contributed by atoms with Gasteiger partial charge in [-0.1, -0.05) is 18.1 Å². The molecule has 0 atom stereocenters. The highest BCUT2D eigenvalue weighted by molar-refractivity contribution is 6.16. The summed E-state index contributed by atoms with van der Waals surface area (Å²) in [5.41, 5.74) is 6.48. The van der Waals surface area contributed by atoms with E-state index in [0.717, 1.165) is 43.6 Å². The molecule has 2 aliphatic rings. The van der Waals surface area contributed by atoms with Crippen LogP contribution in [0.4, 0.5) is 20.2 Å². The lowest BCUT2D eigenvalue weighted by molar-refractivity contribution is -0.133. The van der Waals surface area contributed by atoms with Gasteiger partial charge in [-0.3, -0.25) is 19.4 Å². The van der Waals surface area contributed by atoms with Gasteiger partial charge in [-0.05, 0) is 79.9 Å². The molecule has 11 nitrogen and oxygen atoms in total. The molecule has 3 aromatic carbocycles. The lowest BCUT2D eigenvalue weighted by atomic mass is 10.0. The van der Waals surface area contributed by atoms with Crippen LogP contribution in [0.2, 0.25) is 0 Å². The fourth-order valence-electron chi connectivity index (χ4n) is 6.21. The minimum Gasteiger partial charge on any atom is -0.497 e. The van der Waals surface area contributed by atoms with Gasteiger partial charge in [0.1, 0.15) is 28.4 Å². The molecule has 5 aromatic rings. The second-order valence-electron chi connectivity index (χ2n) is 13.0. The lowest BCUT2D eigenvalue weighted by Crippen LogP contribution is -2.44. The van der Waals surface area contributed by atoms with Crippen molar-refractivity contribution in [3.63, 3.8) is 0 Å². The number of fused-ring (bicyclic) bond motifs is 1. The molecule has 266 valence electrons. The maximum Gasteiger partial charge on any atom is 0.247 e. The van der Waals surface area contributed by atoms with E-state index >= 15 is 4.39 Å². The Morgan fingerprint density at radius 1 is 0.942 bits per heavy atom. The van der Waals surface area contributed by atoms with Crippen LogP contribution < -0.4 is 20.1 Å². The Balaban J connectivity index is 1.23. The standard InChI is InChI=1S/C39H37F2N7O4/c1-45-20-22-46(23-21-45)19-3-4-32-35-34(15-18-43-36(35)47(44-32)25-26-5-12-30(51-2)13-6-26)52-33-14-11-29(24-31(33)41)48(28-9-7-27(40)8-10-28)38(50)39(16-17-39)37(42)49/h5-15,18,24H,16-17,19-23,25H2,1-2H3,(H2,42,49). The Morgan fingerprint density at radius 3 is 2.31 bits per heavy atom. The number of aromatic nitrogens is 3. The van der Waals surface area contributed by atoms with E-state index in [1.54, 1.807) is 24.1 Å². The van der Waals surface area contributed by atoms with Crippen LogP contribution in [-0.2, 0) is 16.1 Å². The molecule has 1 aliphatic heterocycles. The first-order valence-corrected chi connectivity index (χ1v) is 16.9. The minimum atomic E-state index is -1.41. The summed E-state index contributed by atoms with van der Waals surface area (Å²) in [6.07, 6.45) is 2.10. The summed E-state index contributed by atoms with van der Waals surface area (Å²) in [4.78, 5) is 36.4. The van der Waals surface area contributed by atoms with Gasteiger partial charge in [0.05, 0.1) is 31.3 Å². The maximum atomic E-state index is 16.0. The number of likely N-dealkylation sites (N-methyl/N-ethyl adjacent to an activating group) is 1. The number of methoxy groups -OCH3 is 1. The van der Waals surface area contributed by atoms with Crippen LogP contribution in [0.1, 0.15) is 24.1 Å². The number of piperazine rings is 1. The van der Waals surface area contributed by atoms with Crippen molar-refractivity contribution in [2.75, 3.05) is 51.8 Å². The molecule has 0 radical (unpaired) electrons. The number of nitrogens with zero attached hydrogens (tertiary/aromatic N) is 6. The zero-order chi connectivity index (χ0) is 36.4. The average Bonchev–Trinajstić information content (AvgIpc) is 3.90. The maximum absolute atomic E-state index is 16.0. The summed E-state index contributed by atoms with van der Waals surface area (Å²) < 4.78 is 43.1. The Bertz CT molecular complexity index is 2180. The molecule has 0 bridgehead atoms. The highest BCUT2D eigenvalue weighted by Gasteiger charge is 2.57. The molecule has 7 rings (SSSR count). The van der Waals surface area contributed by atoms with Gasteiger partial charge in [0, 0.05) is 50.2 Å². The van der Waals surface area contributed by atoms with Gasteiger partial charge in [-0.25, -0.2) is 18.4 Å².